The van der Waals surface area contributed by atoms with Gasteiger partial charge in [-0.1, -0.05) is 47.5 Å². The standard InChI is InChI=1S/C17H14Cl2FNO3/c18-13-5-2-1-4-11(13)9-21-16(22)10-24-17(23)8-12-14(19)6-3-7-15(12)20/h1-7H,8-10H2,(H,21,22). The third kappa shape index (κ3) is 5.22. The van der Waals surface area contributed by atoms with Gasteiger partial charge >= 0.3 is 5.97 Å². The van der Waals surface area contributed by atoms with Crippen LogP contribution in [-0.2, 0) is 27.3 Å². The largest absolute Gasteiger partial charge is 0.455 e. The second-order valence-electron chi connectivity index (χ2n) is 4.91. The summed E-state index contributed by atoms with van der Waals surface area (Å²) in [5.74, 6) is -1.82. The number of amides is 1. The van der Waals surface area contributed by atoms with Crippen LogP contribution in [0, 0.1) is 5.82 Å². The Kier molecular flexibility index (Phi) is 6.58. The molecule has 0 spiro atoms. The first-order valence-electron chi connectivity index (χ1n) is 7.06. The van der Waals surface area contributed by atoms with Gasteiger partial charge < -0.3 is 10.1 Å². The highest BCUT2D eigenvalue weighted by atomic mass is 35.5. The minimum Gasteiger partial charge on any atom is -0.455 e. The van der Waals surface area contributed by atoms with Gasteiger partial charge in [-0.15, -0.1) is 0 Å². The number of carbonyl (C=O) groups is 2. The zero-order valence-corrected chi connectivity index (χ0v) is 14.0. The monoisotopic (exact) mass is 369 g/mol. The molecule has 1 N–H and O–H groups in total. The molecule has 0 atom stereocenters. The molecule has 4 nitrogen and oxygen atoms in total. The van der Waals surface area contributed by atoms with Crippen molar-refractivity contribution in [3.8, 4) is 0 Å². The van der Waals surface area contributed by atoms with E-state index in [2.05, 4.69) is 5.32 Å². The molecule has 0 aliphatic heterocycles. The van der Waals surface area contributed by atoms with Crippen LogP contribution < -0.4 is 5.32 Å². The number of carbonyl (C=O) groups excluding carboxylic acids is 2. The maximum Gasteiger partial charge on any atom is 0.310 e. The van der Waals surface area contributed by atoms with Crippen LogP contribution in [0.15, 0.2) is 42.5 Å². The molecule has 0 heterocycles. The summed E-state index contributed by atoms with van der Waals surface area (Å²) in [5.41, 5.74) is 0.789. The van der Waals surface area contributed by atoms with Gasteiger partial charge in [0.05, 0.1) is 6.42 Å². The van der Waals surface area contributed by atoms with E-state index in [0.717, 1.165) is 5.56 Å². The van der Waals surface area contributed by atoms with Crippen LogP contribution >= 0.6 is 23.2 Å². The number of nitrogens with one attached hydrogen (secondary N) is 1. The fourth-order valence-corrected chi connectivity index (χ4v) is 2.36. The van der Waals surface area contributed by atoms with E-state index in [0.29, 0.717) is 5.02 Å². The van der Waals surface area contributed by atoms with E-state index in [1.807, 2.05) is 0 Å². The molecule has 0 aliphatic carbocycles. The molecule has 1 amide bonds. The minimum absolute atomic E-state index is 0.0423. The molecule has 0 saturated heterocycles. The summed E-state index contributed by atoms with van der Waals surface area (Å²) in [6.07, 6.45) is -0.344. The number of hydrogen-bond acceptors (Lipinski definition) is 3. The molecule has 0 fully saturated rings. The Hall–Kier alpha value is -2.11. The molecule has 0 aliphatic rings. The molecule has 2 rings (SSSR count). The number of halogens is 3. The highest BCUT2D eigenvalue weighted by Crippen LogP contribution is 2.19. The Morgan fingerprint density at radius 3 is 2.46 bits per heavy atom. The van der Waals surface area contributed by atoms with Gasteiger partial charge in [-0.05, 0) is 23.8 Å². The SMILES string of the molecule is O=C(COC(=O)Cc1c(F)cccc1Cl)NCc1ccccc1Cl. The first kappa shape index (κ1) is 18.2. The number of benzene rings is 2. The summed E-state index contributed by atoms with van der Waals surface area (Å²) < 4.78 is 18.4. The van der Waals surface area contributed by atoms with Crippen molar-refractivity contribution < 1.29 is 18.7 Å². The number of rotatable bonds is 6. The van der Waals surface area contributed by atoms with Gasteiger partial charge in [0.2, 0.25) is 0 Å². The first-order valence-corrected chi connectivity index (χ1v) is 7.81. The Bertz CT molecular complexity index is 732. The van der Waals surface area contributed by atoms with E-state index >= 15 is 0 Å². The van der Waals surface area contributed by atoms with Gasteiger partial charge in [0.15, 0.2) is 6.61 Å². The lowest BCUT2D eigenvalue weighted by Crippen LogP contribution is -2.28. The summed E-state index contributed by atoms with van der Waals surface area (Å²) >= 11 is 11.8. The fourth-order valence-electron chi connectivity index (χ4n) is 1.93. The minimum atomic E-state index is -0.741. The van der Waals surface area contributed by atoms with E-state index in [1.54, 1.807) is 24.3 Å². The average molecular weight is 370 g/mol. The van der Waals surface area contributed by atoms with Crippen molar-refractivity contribution in [3.05, 3.63) is 69.5 Å². The van der Waals surface area contributed by atoms with Crippen molar-refractivity contribution in [3.63, 3.8) is 0 Å². The van der Waals surface area contributed by atoms with Crippen molar-refractivity contribution in [2.45, 2.75) is 13.0 Å². The second kappa shape index (κ2) is 8.66. The van der Waals surface area contributed by atoms with Gasteiger partial charge in [0, 0.05) is 22.2 Å². The van der Waals surface area contributed by atoms with Crippen molar-refractivity contribution in [1.29, 1.82) is 0 Å². The molecule has 0 bridgehead atoms. The van der Waals surface area contributed by atoms with E-state index in [4.69, 9.17) is 27.9 Å². The number of esters is 1. The van der Waals surface area contributed by atoms with Crippen molar-refractivity contribution in [2.24, 2.45) is 0 Å². The molecule has 0 radical (unpaired) electrons. The zero-order valence-electron chi connectivity index (χ0n) is 12.5. The van der Waals surface area contributed by atoms with E-state index in [9.17, 15) is 14.0 Å². The summed E-state index contributed by atoms with van der Waals surface area (Å²) in [7, 11) is 0. The van der Waals surface area contributed by atoms with Crippen LogP contribution in [0.1, 0.15) is 11.1 Å². The smallest absolute Gasteiger partial charge is 0.310 e. The normalized spacial score (nSPS) is 10.3. The third-order valence-electron chi connectivity index (χ3n) is 3.18. The van der Waals surface area contributed by atoms with Crippen LogP contribution in [0.5, 0.6) is 0 Å². The van der Waals surface area contributed by atoms with Gasteiger partial charge in [0.25, 0.3) is 5.91 Å². The first-order chi connectivity index (χ1) is 11.5. The molecule has 0 saturated carbocycles. The van der Waals surface area contributed by atoms with Crippen molar-refractivity contribution in [2.75, 3.05) is 6.61 Å². The highest BCUT2D eigenvalue weighted by Gasteiger charge is 2.14. The lowest BCUT2D eigenvalue weighted by molar-refractivity contribution is -0.147. The van der Waals surface area contributed by atoms with Crippen LogP contribution in [0.4, 0.5) is 4.39 Å². The van der Waals surface area contributed by atoms with E-state index in [-0.39, 0.29) is 23.6 Å². The van der Waals surface area contributed by atoms with Crippen LogP contribution in [0.3, 0.4) is 0 Å². The maximum atomic E-state index is 13.6. The Labute approximate surface area is 148 Å². The Balaban J connectivity index is 1.79. The van der Waals surface area contributed by atoms with Crippen LogP contribution in [-0.4, -0.2) is 18.5 Å². The maximum absolute atomic E-state index is 13.6. The Morgan fingerprint density at radius 2 is 1.75 bits per heavy atom. The fraction of sp³-hybridized carbons (Fsp3) is 0.176. The average Bonchev–Trinajstić information content (AvgIpc) is 2.56. The molecule has 2 aromatic carbocycles. The third-order valence-corrected chi connectivity index (χ3v) is 3.90. The lowest BCUT2D eigenvalue weighted by Gasteiger charge is -2.09. The van der Waals surface area contributed by atoms with E-state index in [1.165, 1.54) is 18.2 Å². The molecule has 7 heteroatoms. The quantitative estimate of drug-likeness (QED) is 0.792. The molecular formula is C17H14Cl2FNO3. The molecule has 126 valence electrons. The lowest BCUT2D eigenvalue weighted by atomic mass is 10.1. The van der Waals surface area contributed by atoms with Crippen LogP contribution in [0.25, 0.3) is 0 Å². The summed E-state index contributed by atoms with van der Waals surface area (Å²) in [6, 6.07) is 11.2. The molecule has 2 aromatic rings. The van der Waals surface area contributed by atoms with Gasteiger partial charge in [-0.2, -0.15) is 0 Å². The predicted octanol–water partition coefficient (Wildman–Crippen LogP) is 3.53. The topological polar surface area (TPSA) is 55.4 Å². The zero-order chi connectivity index (χ0) is 17.5. The van der Waals surface area contributed by atoms with Crippen molar-refractivity contribution >= 4 is 35.1 Å². The highest BCUT2D eigenvalue weighted by molar-refractivity contribution is 6.31. The Morgan fingerprint density at radius 1 is 1.04 bits per heavy atom. The van der Waals surface area contributed by atoms with Crippen molar-refractivity contribution in [1.82, 2.24) is 5.32 Å². The summed E-state index contributed by atoms with van der Waals surface area (Å²) in [4.78, 5) is 23.4. The van der Waals surface area contributed by atoms with Gasteiger partial charge in [-0.3, -0.25) is 9.59 Å². The van der Waals surface area contributed by atoms with Crippen LogP contribution in [0.2, 0.25) is 10.0 Å². The summed E-state index contributed by atoms with van der Waals surface area (Å²) in [5, 5.41) is 3.25. The molecule has 24 heavy (non-hydrogen) atoms. The second-order valence-corrected chi connectivity index (χ2v) is 5.72. The number of hydrogen-bond donors (Lipinski definition) is 1. The number of ether oxygens (including phenoxy) is 1. The molecule has 0 aromatic heterocycles. The predicted molar refractivity (Wildman–Crippen MR) is 89.4 cm³/mol. The molecule has 0 unspecified atom stereocenters. The van der Waals surface area contributed by atoms with E-state index < -0.39 is 24.3 Å². The molecular weight excluding hydrogens is 356 g/mol. The summed E-state index contributed by atoms with van der Waals surface area (Å²) in [6.45, 7) is -0.245. The van der Waals surface area contributed by atoms with Gasteiger partial charge in [0.1, 0.15) is 5.82 Å². The van der Waals surface area contributed by atoms with Gasteiger partial charge in [-0.25, -0.2) is 4.39 Å².